The van der Waals surface area contributed by atoms with Gasteiger partial charge in [-0.3, -0.25) is 4.79 Å². The molecule has 7 heteroatoms. The van der Waals surface area contributed by atoms with Crippen molar-refractivity contribution in [3.63, 3.8) is 0 Å². The number of thioether (sulfide) groups is 1. The van der Waals surface area contributed by atoms with Crippen LogP contribution >= 0.6 is 11.8 Å². The molecule has 1 amide bonds. The molecule has 2 fully saturated rings. The number of carbonyl (C=O) groups is 1. The summed E-state index contributed by atoms with van der Waals surface area (Å²) in [6.07, 6.45) is 4.79. The van der Waals surface area contributed by atoms with Gasteiger partial charge in [0.05, 0.1) is 0 Å². The summed E-state index contributed by atoms with van der Waals surface area (Å²) in [4.78, 5) is 25.0. The molecule has 0 radical (unpaired) electrons. The highest BCUT2D eigenvalue weighted by Crippen LogP contribution is 2.25. The van der Waals surface area contributed by atoms with E-state index in [4.69, 9.17) is 5.26 Å². The van der Waals surface area contributed by atoms with Crippen LogP contribution < -0.4 is 4.90 Å². The summed E-state index contributed by atoms with van der Waals surface area (Å²) in [6.45, 7) is 3.28. The molecular weight excluding hydrogens is 298 g/mol. The third kappa shape index (κ3) is 3.17. The highest BCUT2D eigenvalue weighted by atomic mass is 32.2. The third-order valence-corrected chi connectivity index (χ3v) is 5.19. The zero-order chi connectivity index (χ0) is 15.4. The van der Waals surface area contributed by atoms with E-state index in [1.165, 1.54) is 6.20 Å². The van der Waals surface area contributed by atoms with E-state index >= 15 is 0 Å². The van der Waals surface area contributed by atoms with Crippen molar-refractivity contribution >= 4 is 23.5 Å². The van der Waals surface area contributed by atoms with E-state index in [0.29, 0.717) is 17.4 Å². The van der Waals surface area contributed by atoms with E-state index in [-0.39, 0.29) is 5.92 Å². The van der Waals surface area contributed by atoms with Crippen molar-refractivity contribution in [2.45, 2.75) is 12.8 Å². The number of rotatable bonds is 2. The number of aromatic nitrogens is 2. The van der Waals surface area contributed by atoms with Crippen LogP contribution in [-0.2, 0) is 4.79 Å². The minimum absolute atomic E-state index is 0.113. The van der Waals surface area contributed by atoms with Crippen molar-refractivity contribution in [2.75, 3.05) is 42.6 Å². The van der Waals surface area contributed by atoms with Gasteiger partial charge in [-0.25, -0.2) is 9.97 Å². The Labute approximate surface area is 134 Å². The highest BCUT2D eigenvalue weighted by molar-refractivity contribution is 7.99. The van der Waals surface area contributed by atoms with Crippen molar-refractivity contribution in [1.29, 1.82) is 5.26 Å². The number of piperidine rings is 1. The molecule has 0 N–H and O–H groups in total. The summed E-state index contributed by atoms with van der Waals surface area (Å²) >= 11 is 1.92. The lowest BCUT2D eigenvalue weighted by molar-refractivity contribution is -0.135. The molecule has 0 unspecified atom stereocenters. The Morgan fingerprint density at radius 2 is 1.86 bits per heavy atom. The fraction of sp³-hybridized carbons (Fsp3) is 0.600. The van der Waals surface area contributed by atoms with E-state index in [9.17, 15) is 4.79 Å². The quantitative estimate of drug-likeness (QED) is 0.814. The molecule has 116 valence electrons. The number of amides is 1. The lowest BCUT2D eigenvalue weighted by atomic mass is 9.95. The zero-order valence-corrected chi connectivity index (χ0v) is 13.3. The van der Waals surface area contributed by atoms with Gasteiger partial charge in [-0.1, -0.05) is 0 Å². The van der Waals surface area contributed by atoms with Gasteiger partial charge in [-0.2, -0.15) is 17.0 Å². The third-order valence-electron chi connectivity index (χ3n) is 4.25. The molecule has 0 spiro atoms. The van der Waals surface area contributed by atoms with E-state index in [2.05, 4.69) is 20.9 Å². The van der Waals surface area contributed by atoms with E-state index < -0.39 is 0 Å². The smallest absolute Gasteiger partial charge is 0.225 e. The van der Waals surface area contributed by atoms with Gasteiger partial charge < -0.3 is 9.80 Å². The van der Waals surface area contributed by atoms with Gasteiger partial charge >= 0.3 is 0 Å². The fourth-order valence-electron chi connectivity index (χ4n) is 3.02. The van der Waals surface area contributed by atoms with Crippen molar-refractivity contribution in [1.82, 2.24) is 14.9 Å². The summed E-state index contributed by atoms with van der Waals surface area (Å²) in [6, 6.07) is 2.09. The van der Waals surface area contributed by atoms with Crippen LogP contribution in [0.15, 0.2) is 12.4 Å². The second kappa shape index (κ2) is 6.97. The van der Waals surface area contributed by atoms with Crippen LogP contribution in [0, 0.1) is 17.2 Å². The molecule has 6 nitrogen and oxygen atoms in total. The molecule has 1 aromatic heterocycles. The summed E-state index contributed by atoms with van der Waals surface area (Å²) in [5.41, 5.74) is 0.361. The minimum atomic E-state index is 0.113. The van der Waals surface area contributed by atoms with Gasteiger partial charge in [0, 0.05) is 56.0 Å². The zero-order valence-electron chi connectivity index (χ0n) is 12.4. The molecule has 0 aliphatic carbocycles. The van der Waals surface area contributed by atoms with Crippen LogP contribution in [0.2, 0.25) is 0 Å². The largest absolute Gasteiger partial charge is 0.354 e. The fourth-order valence-corrected chi connectivity index (χ4v) is 3.92. The Morgan fingerprint density at radius 3 is 2.55 bits per heavy atom. The second-order valence-corrected chi connectivity index (χ2v) is 6.76. The molecule has 0 saturated carbocycles. The molecule has 0 atom stereocenters. The first kappa shape index (κ1) is 15.1. The van der Waals surface area contributed by atoms with E-state index in [0.717, 1.165) is 50.5 Å². The van der Waals surface area contributed by atoms with Gasteiger partial charge in [-0.05, 0) is 12.8 Å². The molecule has 0 bridgehead atoms. The average molecular weight is 317 g/mol. The standard InChI is InChI=1S/C15H19N5OS/c16-11-13-14(18-4-3-17-13)19-5-1-12(2-6-19)15(21)20-7-9-22-10-8-20/h3-4,12H,1-2,5-10H2. The van der Waals surface area contributed by atoms with Gasteiger partial charge in [-0.15, -0.1) is 0 Å². The van der Waals surface area contributed by atoms with Crippen molar-refractivity contribution < 1.29 is 4.79 Å². The maximum Gasteiger partial charge on any atom is 0.225 e. The molecule has 2 aliphatic rings. The normalized spacial score (nSPS) is 19.8. The van der Waals surface area contributed by atoms with Gasteiger partial charge in [0.15, 0.2) is 11.5 Å². The van der Waals surface area contributed by atoms with Crippen molar-refractivity contribution in [3.05, 3.63) is 18.1 Å². The molecule has 3 heterocycles. The van der Waals surface area contributed by atoms with Gasteiger partial charge in [0.1, 0.15) is 6.07 Å². The molecule has 3 rings (SSSR count). The molecule has 22 heavy (non-hydrogen) atoms. The summed E-state index contributed by atoms with van der Waals surface area (Å²) < 4.78 is 0. The van der Waals surface area contributed by atoms with E-state index in [1.54, 1.807) is 6.20 Å². The Kier molecular flexibility index (Phi) is 4.78. The van der Waals surface area contributed by atoms with Gasteiger partial charge in [0.2, 0.25) is 5.91 Å². The van der Waals surface area contributed by atoms with E-state index in [1.807, 2.05) is 16.7 Å². The summed E-state index contributed by atoms with van der Waals surface area (Å²) in [5, 5.41) is 9.12. The number of carbonyl (C=O) groups excluding carboxylic acids is 1. The Morgan fingerprint density at radius 1 is 1.18 bits per heavy atom. The van der Waals surface area contributed by atoms with Crippen LogP contribution in [0.25, 0.3) is 0 Å². The SMILES string of the molecule is N#Cc1nccnc1N1CCC(C(=O)N2CCSCC2)CC1. The summed E-state index contributed by atoms with van der Waals surface area (Å²) in [5.74, 6) is 3.16. The first-order chi connectivity index (χ1) is 10.8. The lowest BCUT2D eigenvalue weighted by Gasteiger charge is -2.35. The number of nitriles is 1. The van der Waals surface area contributed by atoms with Crippen LogP contribution in [0.1, 0.15) is 18.5 Å². The molecule has 2 aliphatic heterocycles. The Hall–Kier alpha value is -1.81. The second-order valence-electron chi connectivity index (χ2n) is 5.54. The first-order valence-electron chi connectivity index (χ1n) is 7.62. The van der Waals surface area contributed by atoms with Crippen molar-refractivity contribution in [2.24, 2.45) is 5.92 Å². The molecular formula is C15H19N5OS. The first-order valence-corrected chi connectivity index (χ1v) is 8.77. The highest BCUT2D eigenvalue weighted by Gasteiger charge is 2.30. The lowest BCUT2D eigenvalue weighted by Crippen LogP contribution is -2.45. The number of nitrogens with zero attached hydrogens (tertiary/aromatic N) is 5. The number of hydrogen-bond donors (Lipinski definition) is 0. The monoisotopic (exact) mass is 317 g/mol. The van der Waals surface area contributed by atoms with Crippen molar-refractivity contribution in [3.8, 4) is 6.07 Å². The Bertz CT molecular complexity index is 574. The van der Waals surface area contributed by atoms with Crippen LogP contribution in [0.3, 0.4) is 0 Å². The number of anilines is 1. The molecule has 1 aromatic rings. The minimum Gasteiger partial charge on any atom is -0.354 e. The topological polar surface area (TPSA) is 73.1 Å². The number of hydrogen-bond acceptors (Lipinski definition) is 6. The molecule has 2 saturated heterocycles. The van der Waals surface area contributed by atoms with Crippen LogP contribution in [0.4, 0.5) is 5.82 Å². The van der Waals surface area contributed by atoms with Crippen LogP contribution in [-0.4, -0.2) is 58.5 Å². The maximum absolute atomic E-state index is 12.5. The maximum atomic E-state index is 12.5. The molecule has 0 aromatic carbocycles. The van der Waals surface area contributed by atoms with Gasteiger partial charge in [0.25, 0.3) is 0 Å². The predicted molar refractivity (Wildman–Crippen MR) is 85.6 cm³/mol. The van der Waals surface area contributed by atoms with Crippen LogP contribution in [0.5, 0.6) is 0 Å². The summed E-state index contributed by atoms with van der Waals surface area (Å²) in [7, 11) is 0. The predicted octanol–water partition coefficient (Wildman–Crippen LogP) is 1.14. The average Bonchev–Trinajstić information content (AvgIpc) is 2.62. The Balaban J connectivity index is 1.60.